The highest BCUT2D eigenvalue weighted by molar-refractivity contribution is 6.23. The number of amides is 4. The first-order valence-corrected chi connectivity index (χ1v) is 23.5. The summed E-state index contributed by atoms with van der Waals surface area (Å²) in [5.41, 5.74) is 4.88. The van der Waals surface area contributed by atoms with Gasteiger partial charge in [-0.2, -0.15) is 0 Å². The fraction of sp³-hybridized carbons (Fsp3) is 0.520. The number of hydrogen-bond acceptors (Lipinski definition) is 12. The molecule has 4 aromatic rings. The van der Waals surface area contributed by atoms with Gasteiger partial charge in [-0.25, -0.2) is 0 Å². The monoisotopic (exact) mass is 884 g/mol. The Labute approximate surface area is 379 Å². The average Bonchev–Trinajstić information content (AvgIpc) is 3.89. The lowest BCUT2D eigenvalue weighted by Crippen LogP contribution is -2.54. The molecule has 5 aliphatic heterocycles. The number of piperazine rings is 1. The summed E-state index contributed by atoms with van der Waals surface area (Å²) in [7, 11) is 5.19. The molecule has 4 amide bonds. The van der Waals surface area contributed by atoms with Gasteiger partial charge in [0.25, 0.3) is 17.4 Å². The van der Waals surface area contributed by atoms with Gasteiger partial charge in [-0.15, -0.1) is 0 Å². The standard InChI is InChI=1S/C50H60N8O7/c1-53-30-40(36-10-16-51-27-39(36)47(53)61)33-24-43(64-2)41(44(25-33)65-3)31-55-20-22-56(23-21-55)34-8-12-50(13-9-34)14-18-54(19-15-50)28-32-11-17-57(29-32)35-4-5-37-38(26-35)49(63)58(48(37)62)42-6-7-45(59)52-46(42)60/h4-5,10,16,24-27,30,32,34,42H,6-9,11-15,17-23,28-29,31H2,1-3H3,(H,52,59,60). The SMILES string of the molecule is COc1cc(-c2cn(C)c(=O)c3cnccc23)cc(OC)c1CN1CCN(C2CCC3(CC2)CCN(CC2CCN(c4ccc5c(c4)C(=O)N(C4CCC(=O)NC4=O)C5=O)C2)CC3)CC1. The van der Waals surface area contributed by atoms with E-state index < -0.39 is 23.8 Å². The van der Waals surface area contributed by atoms with E-state index in [0.717, 1.165) is 116 Å². The Morgan fingerprint density at radius 2 is 1.48 bits per heavy atom. The fourth-order valence-corrected chi connectivity index (χ4v) is 11.9. The Morgan fingerprint density at radius 1 is 0.754 bits per heavy atom. The zero-order valence-electron chi connectivity index (χ0n) is 37.9. The smallest absolute Gasteiger partial charge is 0.262 e. The molecule has 65 heavy (non-hydrogen) atoms. The van der Waals surface area contributed by atoms with Crippen molar-refractivity contribution in [2.45, 2.75) is 76.4 Å². The zero-order chi connectivity index (χ0) is 45.0. The summed E-state index contributed by atoms with van der Waals surface area (Å²) in [4.78, 5) is 79.2. The second-order valence-corrected chi connectivity index (χ2v) is 19.4. The van der Waals surface area contributed by atoms with Crippen LogP contribution in [0.25, 0.3) is 21.9 Å². The topological polar surface area (TPSA) is 150 Å². The molecule has 7 heterocycles. The molecule has 15 heteroatoms. The summed E-state index contributed by atoms with van der Waals surface area (Å²) >= 11 is 0. The van der Waals surface area contributed by atoms with Gasteiger partial charge in [-0.05, 0) is 123 Å². The van der Waals surface area contributed by atoms with Gasteiger partial charge in [0.15, 0.2) is 0 Å². The summed E-state index contributed by atoms with van der Waals surface area (Å²) in [6.45, 7) is 10.1. The van der Waals surface area contributed by atoms with Crippen molar-refractivity contribution in [3.8, 4) is 22.6 Å². The number of piperidine rings is 2. The van der Waals surface area contributed by atoms with Crippen LogP contribution in [0.2, 0.25) is 0 Å². The number of nitrogens with one attached hydrogen (secondary N) is 1. The molecule has 1 spiro atoms. The van der Waals surface area contributed by atoms with Gasteiger partial charge in [0.2, 0.25) is 11.8 Å². The molecule has 2 atom stereocenters. The maximum atomic E-state index is 13.4. The predicted molar refractivity (Wildman–Crippen MR) is 246 cm³/mol. The number of likely N-dealkylation sites (tertiary alicyclic amines) is 1. The number of nitrogens with zero attached hydrogens (tertiary/aromatic N) is 7. The number of fused-ring (bicyclic) bond motifs is 2. The fourth-order valence-electron chi connectivity index (χ4n) is 11.9. The van der Waals surface area contributed by atoms with E-state index in [-0.39, 0.29) is 24.3 Å². The van der Waals surface area contributed by atoms with Gasteiger partial charge in [0.1, 0.15) is 17.5 Å². The number of carbonyl (C=O) groups is 4. The highest BCUT2D eigenvalue weighted by Crippen LogP contribution is 2.46. The molecule has 2 aromatic carbocycles. The molecular formula is C50H60N8O7. The van der Waals surface area contributed by atoms with Crippen molar-refractivity contribution in [3.63, 3.8) is 0 Å². The van der Waals surface area contributed by atoms with Gasteiger partial charge in [-0.1, -0.05) is 0 Å². The van der Waals surface area contributed by atoms with E-state index in [1.165, 1.54) is 38.5 Å². The lowest BCUT2D eigenvalue weighted by Gasteiger charge is -2.49. The molecule has 10 rings (SSSR count). The Hall–Kier alpha value is -5.64. The Bertz CT molecular complexity index is 2560. The van der Waals surface area contributed by atoms with Crippen LogP contribution in [0.1, 0.15) is 84.1 Å². The quantitative estimate of drug-likeness (QED) is 0.221. The number of benzene rings is 2. The normalized spacial score (nSPS) is 23.4. The highest BCUT2D eigenvalue weighted by atomic mass is 16.5. The maximum absolute atomic E-state index is 13.4. The number of rotatable bonds is 10. The first-order valence-electron chi connectivity index (χ1n) is 23.5. The third kappa shape index (κ3) is 8.20. The second-order valence-electron chi connectivity index (χ2n) is 19.4. The van der Waals surface area contributed by atoms with Crippen molar-refractivity contribution in [3.05, 3.63) is 82.0 Å². The van der Waals surface area contributed by atoms with E-state index in [0.29, 0.717) is 33.9 Å². The van der Waals surface area contributed by atoms with Crippen molar-refractivity contribution < 1.29 is 28.7 Å². The molecule has 1 N–H and O–H groups in total. The number of methoxy groups -OCH3 is 2. The molecule has 0 radical (unpaired) electrons. The number of pyridine rings is 2. The van der Waals surface area contributed by atoms with Gasteiger partial charge in [0, 0.05) is 102 Å². The highest BCUT2D eigenvalue weighted by Gasteiger charge is 2.45. The van der Waals surface area contributed by atoms with Crippen LogP contribution in [0.15, 0.2) is 59.8 Å². The van der Waals surface area contributed by atoms with Crippen molar-refractivity contribution in [1.29, 1.82) is 0 Å². The van der Waals surface area contributed by atoms with Gasteiger partial charge in [0.05, 0.1) is 36.3 Å². The van der Waals surface area contributed by atoms with E-state index >= 15 is 0 Å². The van der Waals surface area contributed by atoms with E-state index in [4.69, 9.17) is 9.47 Å². The van der Waals surface area contributed by atoms with Gasteiger partial charge >= 0.3 is 0 Å². The number of imide groups is 2. The van der Waals surface area contributed by atoms with Crippen LogP contribution in [-0.4, -0.2) is 138 Å². The first-order chi connectivity index (χ1) is 31.5. The third-order valence-corrected chi connectivity index (χ3v) is 15.7. The summed E-state index contributed by atoms with van der Waals surface area (Å²) in [6, 6.07) is 11.2. The van der Waals surface area contributed by atoms with Gasteiger partial charge < -0.3 is 23.8 Å². The molecule has 6 aliphatic rings. The Kier molecular flexibility index (Phi) is 11.7. The number of aromatic nitrogens is 2. The number of carbonyl (C=O) groups excluding carboxylic acids is 4. The molecule has 5 fully saturated rings. The van der Waals surface area contributed by atoms with Crippen LogP contribution in [0.3, 0.4) is 0 Å². The van der Waals surface area contributed by atoms with Crippen molar-refractivity contribution in [2.75, 3.05) is 78.0 Å². The molecular weight excluding hydrogens is 825 g/mol. The Balaban J connectivity index is 0.686. The molecule has 1 aliphatic carbocycles. The zero-order valence-corrected chi connectivity index (χ0v) is 37.9. The van der Waals surface area contributed by atoms with Crippen molar-refractivity contribution >= 4 is 40.1 Å². The van der Waals surface area contributed by atoms with Crippen LogP contribution in [-0.2, 0) is 23.2 Å². The molecule has 2 aromatic heterocycles. The molecule has 0 bridgehead atoms. The van der Waals surface area contributed by atoms with Crippen LogP contribution < -0.4 is 25.2 Å². The number of aryl methyl sites for hydroxylation is 1. The summed E-state index contributed by atoms with van der Waals surface area (Å²) in [5, 5.41) is 3.70. The second kappa shape index (κ2) is 17.6. The van der Waals surface area contributed by atoms with Gasteiger partial charge in [-0.3, -0.25) is 49.0 Å². The molecule has 1 saturated carbocycles. The van der Waals surface area contributed by atoms with E-state index in [1.807, 2.05) is 24.4 Å². The average molecular weight is 885 g/mol. The molecule has 342 valence electrons. The van der Waals surface area contributed by atoms with Crippen molar-refractivity contribution in [2.24, 2.45) is 18.4 Å². The first kappa shape index (κ1) is 43.3. The molecule has 15 nitrogen and oxygen atoms in total. The lowest BCUT2D eigenvalue weighted by atomic mass is 9.66. The summed E-state index contributed by atoms with van der Waals surface area (Å²) in [6.07, 6.45) is 14.3. The Morgan fingerprint density at radius 3 is 2.18 bits per heavy atom. The predicted octanol–water partition coefficient (Wildman–Crippen LogP) is 4.69. The minimum Gasteiger partial charge on any atom is -0.496 e. The van der Waals surface area contributed by atoms with Crippen LogP contribution in [0.5, 0.6) is 11.5 Å². The minimum atomic E-state index is -0.956. The largest absolute Gasteiger partial charge is 0.496 e. The van der Waals surface area contributed by atoms with Crippen LogP contribution in [0, 0.1) is 11.3 Å². The number of hydrogen-bond donors (Lipinski definition) is 1. The van der Waals surface area contributed by atoms with E-state index in [9.17, 15) is 24.0 Å². The number of ether oxygens (including phenoxy) is 2. The van der Waals surface area contributed by atoms with Crippen LogP contribution >= 0.6 is 0 Å². The van der Waals surface area contributed by atoms with Crippen molar-refractivity contribution in [1.82, 2.24) is 34.5 Å². The number of anilines is 1. The lowest BCUT2D eigenvalue weighted by molar-refractivity contribution is -0.136. The van der Waals surface area contributed by atoms with E-state index in [2.05, 4.69) is 42.0 Å². The maximum Gasteiger partial charge on any atom is 0.262 e. The molecule has 2 unspecified atom stereocenters. The van der Waals surface area contributed by atoms with E-state index in [1.54, 1.807) is 44.3 Å². The third-order valence-electron chi connectivity index (χ3n) is 15.7. The van der Waals surface area contributed by atoms with Crippen LogP contribution in [0.4, 0.5) is 5.69 Å². The summed E-state index contributed by atoms with van der Waals surface area (Å²) < 4.78 is 13.6. The molecule has 4 saturated heterocycles. The summed E-state index contributed by atoms with van der Waals surface area (Å²) in [5.74, 6) is 0.210. The minimum absolute atomic E-state index is 0.0764.